The van der Waals surface area contributed by atoms with Gasteiger partial charge in [0.2, 0.25) is 11.8 Å². The molecule has 1 amide bonds. The molecule has 2 aliphatic rings. The number of fused-ring (bicyclic) bond motifs is 1. The molecule has 0 aliphatic heterocycles. The van der Waals surface area contributed by atoms with Crippen LogP contribution < -0.4 is 10.1 Å². The molecule has 0 saturated heterocycles. The lowest BCUT2D eigenvalue weighted by Gasteiger charge is -2.35. The molecule has 2 saturated carbocycles. The lowest BCUT2D eigenvalue weighted by atomic mass is 9.83. The van der Waals surface area contributed by atoms with Crippen LogP contribution in [-0.4, -0.2) is 45.8 Å². The minimum Gasteiger partial charge on any atom is -0.477 e. The second kappa shape index (κ2) is 8.07. The number of rotatable bonds is 9. The van der Waals surface area contributed by atoms with Crippen LogP contribution in [0, 0.1) is 18.8 Å². The largest absolute Gasteiger partial charge is 0.477 e. The molecule has 7 nitrogen and oxygen atoms in total. The van der Waals surface area contributed by atoms with E-state index in [4.69, 9.17) is 9.47 Å². The van der Waals surface area contributed by atoms with Crippen molar-refractivity contribution in [2.24, 2.45) is 11.8 Å². The highest BCUT2D eigenvalue weighted by Gasteiger charge is 2.31. The van der Waals surface area contributed by atoms with Gasteiger partial charge >= 0.3 is 0 Å². The number of aryl methyl sites for hydroxylation is 1. The summed E-state index contributed by atoms with van der Waals surface area (Å²) in [5.41, 5.74) is 0.983. The average molecular weight is 386 g/mol. The Morgan fingerprint density at radius 1 is 1.32 bits per heavy atom. The SMILES string of the molecule is CC(=O)N[C@@H](C)COC1CC(COc2nc(C)nc3c2ccn3CC2CC2)C1. The summed E-state index contributed by atoms with van der Waals surface area (Å²) in [5, 5.41) is 3.84. The van der Waals surface area contributed by atoms with Gasteiger partial charge in [0.15, 0.2) is 0 Å². The first-order chi connectivity index (χ1) is 13.5. The normalized spacial score (nSPS) is 22.7. The highest BCUT2D eigenvalue weighted by atomic mass is 16.5. The third kappa shape index (κ3) is 4.63. The molecule has 0 spiro atoms. The average Bonchev–Trinajstić information content (AvgIpc) is 3.32. The van der Waals surface area contributed by atoms with Crippen LogP contribution in [-0.2, 0) is 16.1 Å². The number of aromatic nitrogens is 3. The standard InChI is InChI=1S/C21H30N4O3/c1-13(22-15(3)26)11-27-18-8-17(9-18)12-28-21-19-6-7-25(10-16-4-5-16)20(19)23-14(2)24-21/h6-7,13,16-18H,4-5,8-12H2,1-3H3,(H,22,26)/t13-,17?,18?/m0/s1. The number of carbonyl (C=O) groups is 1. The zero-order valence-corrected chi connectivity index (χ0v) is 17.0. The third-order valence-corrected chi connectivity index (χ3v) is 5.53. The van der Waals surface area contributed by atoms with Crippen molar-refractivity contribution in [3.63, 3.8) is 0 Å². The molecule has 1 atom stereocenters. The van der Waals surface area contributed by atoms with Crippen LogP contribution in [0.4, 0.5) is 0 Å². The summed E-state index contributed by atoms with van der Waals surface area (Å²) in [6, 6.07) is 2.12. The van der Waals surface area contributed by atoms with Gasteiger partial charge in [0.25, 0.3) is 0 Å². The third-order valence-electron chi connectivity index (χ3n) is 5.53. The number of amides is 1. The lowest BCUT2D eigenvalue weighted by molar-refractivity contribution is -0.120. The molecule has 0 aromatic carbocycles. The maximum Gasteiger partial charge on any atom is 0.226 e. The van der Waals surface area contributed by atoms with Crippen LogP contribution in [0.2, 0.25) is 0 Å². The maximum absolute atomic E-state index is 11.0. The van der Waals surface area contributed by atoms with Crippen LogP contribution in [0.25, 0.3) is 11.0 Å². The van der Waals surface area contributed by atoms with Crippen molar-refractivity contribution in [1.82, 2.24) is 19.9 Å². The summed E-state index contributed by atoms with van der Waals surface area (Å²) in [6.45, 7) is 7.65. The molecule has 2 aromatic rings. The summed E-state index contributed by atoms with van der Waals surface area (Å²) >= 11 is 0. The predicted molar refractivity (Wildman–Crippen MR) is 106 cm³/mol. The van der Waals surface area contributed by atoms with Crippen molar-refractivity contribution in [2.75, 3.05) is 13.2 Å². The van der Waals surface area contributed by atoms with Crippen molar-refractivity contribution in [3.8, 4) is 5.88 Å². The van der Waals surface area contributed by atoms with E-state index in [9.17, 15) is 4.79 Å². The van der Waals surface area contributed by atoms with Gasteiger partial charge in [-0.05, 0) is 57.4 Å². The molecule has 2 fully saturated rings. The van der Waals surface area contributed by atoms with E-state index in [1.165, 1.54) is 19.8 Å². The molecule has 4 rings (SSSR count). The summed E-state index contributed by atoms with van der Waals surface area (Å²) in [7, 11) is 0. The number of ether oxygens (including phenoxy) is 2. The second-order valence-corrected chi connectivity index (χ2v) is 8.43. The van der Waals surface area contributed by atoms with Crippen LogP contribution in [0.15, 0.2) is 12.3 Å². The fourth-order valence-corrected chi connectivity index (χ4v) is 3.79. The zero-order valence-electron chi connectivity index (χ0n) is 17.0. The van der Waals surface area contributed by atoms with Crippen LogP contribution in [0.1, 0.15) is 45.4 Å². The molecular weight excluding hydrogens is 356 g/mol. The fraction of sp³-hybridized carbons (Fsp3) is 0.667. The number of carbonyl (C=O) groups excluding carboxylic acids is 1. The summed E-state index contributed by atoms with van der Waals surface area (Å²) < 4.78 is 14.2. The van der Waals surface area contributed by atoms with E-state index in [0.29, 0.717) is 25.0 Å². The summed E-state index contributed by atoms with van der Waals surface area (Å²) in [5.74, 6) is 2.71. The van der Waals surface area contributed by atoms with Crippen molar-refractivity contribution < 1.29 is 14.3 Å². The van der Waals surface area contributed by atoms with Crippen LogP contribution in [0.3, 0.4) is 0 Å². The van der Waals surface area contributed by atoms with Gasteiger partial charge in [-0.2, -0.15) is 4.98 Å². The second-order valence-electron chi connectivity index (χ2n) is 8.43. The molecule has 2 aliphatic carbocycles. The molecule has 28 heavy (non-hydrogen) atoms. The fourth-order valence-electron chi connectivity index (χ4n) is 3.79. The Morgan fingerprint density at radius 3 is 2.82 bits per heavy atom. The quantitative estimate of drug-likeness (QED) is 0.717. The molecule has 2 heterocycles. The number of nitrogens with zero attached hydrogens (tertiary/aromatic N) is 3. The smallest absolute Gasteiger partial charge is 0.226 e. The van der Waals surface area contributed by atoms with Gasteiger partial charge < -0.3 is 19.4 Å². The first kappa shape index (κ1) is 19.2. The number of hydrogen-bond acceptors (Lipinski definition) is 5. The molecule has 1 N–H and O–H groups in total. The Labute approximate surface area is 165 Å². The van der Waals surface area contributed by atoms with E-state index < -0.39 is 0 Å². The van der Waals surface area contributed by atoms with Crippen LogP contribution in [0.5, 0.6) is 5.88 Å². The van der Waals surface area contributed by atoms with Gasteiger partial charge in [-0.15, -0.1) is 0 Å². The molecule has 0 unspecified atom stereocenters. The maximum atomic E-state index is 11.0. The van der Waals surface area contributed by atoms with E-state index in [-0.39, 0.29) is 18.1 Å². The summed E-state index contributed by atoms with van der Waals surface area (Å²) in [6.07, 6.45) is 6.98. The van der Waals surface area contributed by atoms with Crippen molar-refractivity contribution in [3.05, 3.63) is 18.1 Å². The van der Waals surface area contributed by atoms with Gasteiger partial charge in [-0.25, -0.2) is 4.98 Å². The lowest BCUT2D eigenvalue weighted by Crippen LogP contribution is -2.40. The molecule has 152 valence electrons. The highest BCUT2D eigenvalue weighted by Crippen LogP contribution is 2.34. The van der Waals surface area contributed by atoms with E-state index in [1.807, 2.05) is 13.8 Å². The topological polar surface area (TPSA) is 78.3 Å². The monoisotopic (exact) mass is 386 g/mol. The van der Waals surface area contributed by atoms with Gasteiger partial charge in [0.1, 0.15) is 11.5 Å². The minimum absolute atomic E-state index is 0.0200. The Kier molecular flexibility index (Phi) is 5.53. The number of nitrogens with one attached hydrogen (secondary N) is 1. The molecular formula is C21H30N4O3. The highest BCUT2D eigenvalue weighted by molar-refractivity contribution is 5.81. The van der Waals surface area contributed by atoms with E-state index in [0.717, 1.165) is 42.2 Å². The molecule has 2 aromatic heterocycles. The Hall–Kier alpha value is -2.15. The Balaban J connectivity index is 1.27. The Morgan fingerprint density at radius 2 is 2.11 bits per heavy atom. The Bertz CT molecular complexity index is 840. The zero-order chi connectivity index (χ0) is 19.7. The van der Waals surface area contributed by atoms with Gasteiger partial charge in [-0.3, -0.25) is 4.79 Å². The van der Waals surface area contributed by atoms with Crippen molar-refractivity contribution in [1.29, 1.82) is 0 Å². The molecule has 0 bridgehead atoms. The molecule has 0 radical (unpaired) electrons. The van der Waals surface area contributed by atoms with E-state index >= 15 is 0 Å². The van der Waals surface area contributed by atoms with Gasteiger partial charge in [0, 0.05) is 25.7 Å². The van der Waals surface area contributed by atoms with E-state index in [2.05, 4.69) is 32.1 Å². The summed E-state index contributed by atoms with van der Waals surface area (Å²) in [4.78, 5) is 20.2. The van der Waals surface area contributed by atoms with Crippen molar-refractivity contribution >= 4 is 16.9 Å². The van der Waals surface area contributed by atoms with Crippen molar-refractivity contribution in [2.45, 2.75) is 65.1 Å². The predicted octanol–water partition coefficient (Wildman–Crippen LogP) is 2.85. The van der Waals surface area contributed by atoms with Crippen LogP contribution >= 0.6 is 0 Å². The minimum atomic E-state index is -0.0200. The van der Waals surface area contributed by atoms with Gasteiger partial charge in [0.05, 0.1) is 24.7 Å². The first-order valence-corrected chi connectivity index (χ1v) is 10.3. The van der Waals surface area contributed by atoms with E-state index in [1.54, 1.807) is 0 Å². The number of hydrogen-bond donors (Lipinski definition) is 1. The first-order valence-electron chi connectivity index (χ1n) is 10.3. The molecule has 7 heteroatoms. The van der Waals surface area contributed by atoms with Gasteiger partial charge in [-0.1, -0.05) is 0 Å².